The zero-order valence-electron chi connectivity index (χ0n) is 13.5. The van der Waals surface area contributed by atoms with E-state index in [1.165, 1.54) is 38.6 Å². The molecule has 3 heteroatoms. The Labute approximate surface area is 119 Å². The molecular weight excluding hydrogens is 236 g/mol. The lowest BCUT2D eigenvalue weighted by molar-refractivity contribution is -0.0209. The molecule has 0 spiro atoms. The zero-order valence-corrected chi connectivity index (χ0v) is 13.5. The van der Waals surface area contributed by atoms with Gasteiger partial charge in [0.25, 0.3) is 0 Å². The van der Waals surface area contributed by atoms with Crippen molar-refractivity contribution in [1.29, 1.82) is 0 Å². The highest BCUT2D eigenvalue weighted by Gasteiger charge is 2.40. The smallest absolute Gasteiger partial charge is 0.0572 e. The van der Waals surface area contributed by atoms with Gasteiger partial charge in [-0.2, -0.15) is 0 Å². The molecule has 1 aliphatic carbocycles. The minimum Gasteiger partial charge on any atom is -0.381 e. The summed E-state index contributed by atoms with van der Waals surface area (Å²) in [6, 6.07) is 0.583. The van der Waals surface area contributed by atoms with Crippen molar-refractivity contribution in [2.45, 2.75) is 83.4 Å². The van der Waals surface area contributed by atoms with Crippen LogP contribution in [-0.2, 0) is 4.74 Å². The topological polar surface area (TPSA) is 38.5 Å². The molecule has 0 atom stereocenters. The first kappa shape index (κ1) is 16.9. The Kier molecular flexibility index (Phi) is 7.33. The van der Waals surface area contributed by atoms with Gasteiger partial charge in [0.2, 0.25) is 0 Å². The number of hydrogen-bond donors (Lipinski definition) is 1. The molecule has 0 saturated heterocycles. The molecule has 1 rings (SSSR count). The van der Waals surface area contributed by atoms with E-state index in [4.69, 9.17) is 10.5 Å². The molecule has 0 unspecified atom stereocenters. The summed E-state index contributed by atoms with van der Waals surface area (Å²) in [7, 11) is 1.83. The van der Waals surface area contributed by atoms with Gasteiger partial charge >= 0.3 is 0 Å². The third kappa shape index (κ3) is 4.44. The summed E-state index contributed by atoms with van der Waals surface area (Å²) < 4.78 is 5.51. The highest BCUT2D eigenvalue weighted by atomic mass is 16.5. The number of hydrogen-bond acceptors (Lipinski definition) is 3. The Bertz CT molecular complexity index is 235. The Morgan fingerprint density at radius 1 is 1.26 bits per heavy atom. The van der Waals surface area contributed by atoms with Crippen LogP contribution in [0.25, 0.3) is 0 Å². The van der Waals surface area contributed by atoms with Gasteiger partial charge in [-0.15, -0.1) is 0 Å². The van der Waals surface area contributed by atoms with E-state index < -0.39 is 0 Å². The second kappa shape index (κ2) is 8.23. The normalized spacial score (nSPS) is 28.3. The number of unbranched alkanes of at least 4 members (excludes halogenated alkanes) is 2. The molecule has 1 fully saturated rings. The molecular formula is C16H34N2O. The summed E-state index contributed by atoms with van der Waals surface area (Å²) in [5, 5.41) is 0. The van der Waals surface area contributed by atoms with Crippen molar-refractivity contribution in [2.75, 3.05) is 20.2 Å². The third-order valence-electron chi connectivity index (χ3n) is 4.81. The van der Waals surface area contributed by atoms with E-state index in [0.29, 0.717) is 12.1 Å². The number of nitrogens with two attached hydrogens (primary N) is 1. The fourth-order valence-electron chi connectivity index (χ4n) is 3.55. The molecule has 0 aromatic carbocycles. The average Bonchev–Trinajstić information content (AvgIpc) is 2.43. The van der Waals surface area contributed by atoms with Crippen LogP contribution in [0, 0.1) is 0 Å². The van der Waals surface area contributed by atoms with Crippen LogP contribution in [0.15, 0.2) is 0 Å². The van der Waals surface area contributed by atoms with E-state index in [1.807, 2.05) is 7.11 Å². The van der Waals surface area contributed by atoms with E-state index >= 15 is 0 Å². The number of rotatable bonds is 8. The molecule has 0 radical (unpaired) electrons. The SMILES string of the molecule is CCCCCN(C(C)C)C1(CN)CCC(OC)CC1. The zero-order chi connectivity index (χ0) is 14.3. The standard InChI is InChI=1S/C16H34N2O/c1-5-6-7-12-18(14(2)3)16(13-17)10-8-15(19-4)9-11-16/h14-15H,5-13,17H2,1-4H3. The van der Waals surface area contributed by atoms with Crippen LogP contribution in [0.4, 0.5) is 0 Å². The first-order chi connectivity index (χ1) is 9.09. The molecule has 0 aromatic heterocycles. The minimum absolute atomic E-state index is 0.219. The Balaban J connectivity index is 2.67. The predicted octanol–water partition coefficient (Wildman–Crippen LogP) is 3.17. The molecule has 0 heterocycles. The maximum Gasteiger partial charge on any atom is 0.0572 e. The Morgan fingerprint density at radius 2 is 1.89 bits per heavy atom. The highest BCUT2D eigenvalue weighted by Crippen LogP contribution is 2.35. The van der Waals surface area contributed by atoms with Crippen molar-refractivity contribution in [3.05, 3.63) is 0 Å². The van der Waals surface area contributed by atoms with Gasteiger partial charge < -0.3 is 10.5 Å². The number of methoxy groups -OCH3 is 1. The number of nitrogens with zero attached hydrogens (tertiary/aromatic N) is 1. The van der Waals surface area contributed by atoms with Crippen LogP contribution in [-0.4, -0.2) is 42.8 Å². The van der Waals surface area contributed by atoms with Crippen molar-refractivity contribution in [1.82, 2.24) is 4.90 Å². The molecule has 2 N–H and O–H groups in total. The van der Waals surface area contributed by atoms with Gasteiger partial charge in [-0.25, -0.2) is 0 Å². The fourth-order valence-corrected chi connectivity index (χ4v) is 3.55. The lowest BCUT2D eigenvalue weighted by atomic mass is 9.78. The van der Waals surface area contributed by atoms with E-state index in [2.05, 4.69) is 25.7 Å². The summed E-state index contributed by atoms with van der Waals surface area (Å²) >= 11 is 0. The Morgan fingerprint density at radius 3 is 2.32 bits per heavy atom. The van der Waals surface area contributed by atoms with Gasteiger partial charge in [0.05, 0.1) is 6.10 Å². The van der Waals surface area contributed by atoms with Gasteiger partial charge in [0.1, 0.15) is 0 Å². The summed E-state index contributed by atoms with van der Waals surface area (Å²) in [4.78, 5) is 2.68. The van der Waals surface area contributed by atoms with Gasteiger partial charge in [-0.05, 0) is 52.5 Å². The quantitative estimate of drug-likeness (QED) is 0.689. The van der Waals surface area contributed by atoms with Crippen molar-refractivity contribution >= 4 is 0 Å². The van der Waals surface area contributed by atoms with Crippen molar-refractivity contribution < 1.29 is 4.74 Å². The molecule has 1 aliphatic rings. The second-order valence-electron chi connectivity index (χ2n) is 6.36. The van der Waals surface area contributed by atoms with Gasteiger partial charge in [0.15, 0.2) is 0 Å². The van der Waals surface area contributed by atoms with Crippen LogP contribution in [0.3, 0.4) is 0 Å². The first-order valence-electron chi connectivity index (χ1n) is 8.09. The van der Waals surface area contributed by atoms with E-state index in [0.717, 1.165) is 19.4 Å². The predicted molar refractivity (Wildman–Crippen MR) is 82.4 cm³/mol. The summed E-state index contributed by atoms with van der Waals surface area (Å²) in [5.74, 6) is 0. The summed E-state index contributed by atoms with van der Waals surface area (Å²) in [6.07, 6.45) is 9.04. The average molecular weight is 270 g/mol. The molecule has 3 nitrogen and oxygen atoms in total. The van der Waals surface area contributed by atoms with Gasteiger partial charge in [0, 0.05) is 25.2 Å². The van der Waals surface area contributed by atoms with Crippen LogP contribution in [0.2, 0.25) is 0 Å². The molecule has 0 bridgehead atoms. The van der Waals surface area contributed by atoms with Crippen molar-refractivity contribution in [2.24, 2.45) is 5.73 Å². The molecule has 0 aromatic rings. The second-order valence-corrected chi connectivity index (χ2v) is 6.36. The first-order valence-corrected chi connectivity index (χ1v) is 8.09. The molecule has 1 saturated carbocycles. The maximum absolute atomic E-state index is 6.19. The highest BCUT2D eigenvalue weighted by molar-refractivity contribution is 4.97. The van der Waals surface area contributed by atoms with Crippen LogP contribution in [0.5, 0.6) is 0 Å². The van der Waals surface area contributed by atoms with Gasteiger partial charge in [-0.1, -0.05) is 19.8 Å². The summed E-state index contributed by atoms with van der Waals surface area (Å²) in [5.41, 5.74) is 6.40. The summed E-state index contributed by atoms with van der Waals surface area (Å²) in [6.45, 7) is 8.87. The van der Waals surface area contributed by atoms with Crippen molar-refractivity contribution in [3.63, 3.8) is 0 Å². The van der Waals surface area contributed by atoms with Gasteiger partial charge in [-0.3, -0.25) is 4.90 Å². The molecule has 0 amide bonds. The van der Waals surface area contributed by atoms with E-state index in [9.17, 15) is 0 Å². The number of ether oxygens (including phenoxy) is 1. The van der Waals surface area contributed by atoms with Crippen LogP contribution in [0.1, 0.15) is 65.7 Å². The van der Waals surface area contributed by atoms with Crippen LogP contribution >= 0.6 is 0 Å². The molecule has 19 heavy (non-hydrogen) atoms. The van der Waals surface area contributed by atoms with E-state index in [1.54, 1.807) is 0 Å². The van der Waals surface area contributed by atoms with Crippen LogP contribution < -0.4 is 5.73 Å². The molecule has 114 valence electrons. The Hall–Kier alpha value is -0.120. The molecule has 0 aliphatic heterocycles. The third-order valence-corrected chi connectivity index (χ3v) is 4.81. The lowest BCUT2D eigenvalue weighted by Gasteiger charge is -2.49. The lowest BCUT2D eigenvalue weighted by Crippen LogP contribution is -2.58. The maximum atomic E-state index is 6.19. The monoisotopic (exact) mass is 270 g/mol. The fraction of sp³-hybridized carbons (Fsp3) is 1.00. The largest absolute Gasteiger partial charge is 0.381 e. The minimum atomic E-state index is 0.219. The van der Waals surface area contributed by atoms with E-state index in [-0.39, 0.29) is 5.54 Å². The van der Waals surface area contributed by atoms with Crippen molar-refractivity contribution in [3.8, 4) is 0 Å².